The van der Waals surface area contributed by atoms with E-state index >= 15 is 0 Å². The molecule has 0 radical (unpaired) electrons. The van der Waals surface area contributed by atoms with E-state index in [4.69, 9.17) is 4.74 Å². The number of allylic oxidation sites excluding steroid dienone is 4. The van der Waals surface area contributed by atoms with Gasteiger partial charge in [0.1, 0.15) is 18.9 Å². The Labute approximate surface area is 265 Å². The van der Waals surface area contributed by atoms with E-state index in [1.54, 1.807) is 4.90 Å². The maximum Gasteiger partial charge on any atom is 0.323 e. The summed E-state index contributed by atoms with van der Waals surface area (Å²) in [5.74, 6) is -1.03. The normalized spacial score (nSPS) is 20.2. The van der Waals surface area contributed by atoms with Gasteiger partial charge in [0.05, 0.1) is 8.95 Å². The predicted molar refractivity (Wildman–Crippen MR) is 167 cm³/mol. The zero-order valence-electron chi connectivity index (χ0n) is 23.4. The van der Waals surface area contributed by atoms with Crippen molar-refractivity contribution in [1.29, 1.82) is 0 Å². The fraction of sp³-hybridized carbons (Fsp3) is 0.406. The van der Waals surface area contributed by atoms with Crippen LogP contribution in [0.5, 0.6) is 5.75 Å². The molecule has 2 aromatic rings. The summed E-state index contributed by atoms with van der Waals surface area (Å²) < 4.78 is 8.55. The number of carbonyl (C=O) groups is 3. The van der Waals surface area contributed by atoms with Crippen molar-refractivity contribution >= 4 is 65.3 Å². The lowest BCUT2D eigenvalue weighted by atomic mass is 9.63. The molecule has 1 heterocycles. The van der Waals surface area contributed by atoms with Crippen molar-refractivity contribution in [2.45, 2.75) is 65.9 Å². The molecule has 2 aliphatic carbocycles. The van der Waals surface area contributed by atoms with Crippen LogP contribution in [0.25, 0.3) is 0 Å². The highest BCUT2D eigenvalue weighted by Crippen LogP contribution is 2.55. The van der Waals surface area contributed by atoms with Gasteiger partial charge in [0.2, 0.25) is 0 Å². The summed E-state index contributed by atoms with van der Waals surface area (Å²) >= 11 is 10.8. The Morgan fingerprint density at radius 1 is 0.878 bits per heavy atom. The fourth-order valence-electron chi connectivity index (χ4n) is 6.33. The van der Waals surface area contributed by atoms with E-state index in [2.05, 4.69) is 47.8 Å². The van der Waals surface area contributed by atoms with Crippen LogP contribution in [-0.4, -0.2) is 34.1 Å². The van der Waals surface area contributed by atoms with Gasteiger partial charge in [-0.3, -0.25) is 14.4 Å². The van der Waals surface area contributed by atoms with Gasteiger partial charge in [0, 0.05) is 45.8 Å². The Balaban J connectivity index is 1.64. The minimum absolute atomic E-state index is 0.0383. The second kappa shape index (κ2) is 11.1. The van der Waals surface area contributed by atoms with Crippen LogP contribution in [0.15, 0.2) is 72.4 Å². The monoisotopic (exact) mass is 747 g/mol. The van der Waals surface area contributed by atoms with Crippen molar-refractivity contribution in [2.75, 3.05) is 6.54 Å². The Morgan fingerprint density at radius 2 is 1.37 bits per heavy atom. The van der Waals surface area contributed by atoms with Crippen molar-refractivity contribution < 1.29 is 24.2 Å². The van der Waals surface area contributed by atoms with E-state index in [0.717, 1.165) is 27.0 Å². The lowest BCUT2D eigenvalue weighted by Gasteiger charge is -2.48. The van der Waals surface area contributed by atoms with Crippen LogP contribution in [0.3, 0.4) is 0 Å². The minimum Gasteiger partial charge on any atom is -0.487 e. The quantitative estimate of drug-likeness (QED) is 0.320. The highest BCUT2D eigenvalue weighted by atomic mass is 79.9. The van der Waals surface area contributed by atoms with Gasteiger partial charge in [0.25, 0.3) is 0 Å². The first kappa shape index (κ1) is 30.2. The summed E-state index contributed by atoms with van der Waals surface area (Å²) in [4.78, 5) is 41.6. The van der Waals surface area contributed by atoms with Crippen molar-refractivity contribution in [2.24, 2.45) is 10.8 Å². The molecule has 216 valence electrons. The molecule has 0 atom stereocenters. The largest absolute Gasteiger partial charge is 0.487 e. The average Bonchev–Trinajstić information content (AvgIpc) is 2.83. The van der Waals surface area contributed by atoms with Gasteiger partial charge in [-0.25, -0.2) is 0 Å². The number of ether oxygens (including phenoxy) is 1. The first-order valence-electron chi connectivity index (χ1n) is 13.5. The van der Waals surface area contributed by atoms with Crippen molar-refractivity contribution in [3.63, 3.8) is 0 Å². The van der Waals surface area contributed by atoms with Gasteiger partial charge in [-0.15, -0.1) is 0 Å². The second-order valence-corrected chi connectivity index (χ2v) is 15.4. The number of aliphatic carboxylic acids is 1. The molecule has 9 heteroatoms. The number of carboxylic acids is 1. The number of carbonyl (C=O) groups excluding carboxylic acids is 2. The van der Waals surface area contributed by atoms with Gasteiger partial charge in [-0.2, -0.15) is 0 Å². The van der Waals surface area contributed by atoms with E-state index in [9.17, 15) is 19.5 Å². The third-order valence-corrected chi connectivity index (χ3v) is 9.67. The van der Waals surface area contributed by atoms with Gasteiger partial charge < -0.3 is 14.7 Å². The standard InChI is InChI=1S/C32H32Br3NO5/c1-31(2)11-22-28(24(37)13-31)27(29-23(36(22)15-26(39)40)12-32(3,4)14-25(29)38)18-9-20(34)30(21(35)10-18)41-16-17-5-7-19(33)8-6-17/h5-10,27H,11-16H2,1-4H3,(H,39,40). The van der Waals surface area contributed by atoms with E-state index in [1.807, 2.05) is 64.1 Å². The number of rotatable bonds is 6. The molecule has 0 fully saturated rings. The number of benzene rings is 2. The highest BCUT2D eigenvalue weighted by molar-refractivity contribution is 9.11. The van der Waals surface area contributed by atoms with Crippen LogP contribution >= 0.6 is 47.8 Å². The SMILES string of the molecule is CC1(C)CC(=O)C2=C(C1)N(CC(=O)O)C1=C(C(=O)CC(C)(C)C1)C2c1cc(Br)c(OCc2ccc(Br)cc2)c(Br)c1. The maximum atomic E-state index is 13.9. The van der Waals surface area contributed by atoms with Crippen LogP contribution in [-0.2, 0) is 21.0 Å². The Bertz CT molecular complexity index is 1440. The van der Waals surface area contributed by atoms with Crippen molar-refractivity contribution in [1.82, 2.24) is 4.90 Å². The average molecular weight is 750 g/mol. The van der Waals surface area contributed by atoms with E-state index in [-0.39, 0.29) is 28.9 Å². The van der Waals surface area contributed by atoms with Crippen LogP contribution in [0.2, 0.25) is 0 Å². The summed E-state index contributed by atoms with van der Waals surface area (Å²) in [6.45, 7) is 8.22. The number of carboxylic acid groups (broad SMARTS) is 1. The molecule has 5 rings (SSSR count). The first-order chi connectivity index (χ1) is 19.2. The molecule has 0 saturated heterocycles. The van der Waals surface area contributed by atoms with Gasteiger partial charge >= 0.3 is 5.97 Å². The molecule has 6 nitrogen and oxygen atoms in total. The van der Waals surface area contributed by atoms with E-state index < -0.39 is 11.9 Å². The molecule has 2 aromatic carbocycles. The third-order valence-electron chi connectivity index (χ3n) is 7.97. The maximum absolute atomic E-state index is 13.9. The number of hydrogen-bond donors (Lipinski definition) is 1. The van der Waals surface area contributed by atoms with E-state index in [0.29, 0.717) is 58.1 Å². The topological polar surface area (TPSA) is 83.9 Å². The molecule has 0 bridgehead atoms. The second-order valence-electron chi connectivity index (χ2n) is 12.7. The van der Waals surface area contributed by atoms with Gasteiger partial charge in [-0.1, -0.05) is 55.8 Å². The Hall–Kier alpha value is -2.23. The zero-order valence-corrected chi connectivity index (χ0v) is 28.2. The molecule has 0 amide bonds. The Kier molecular flexibility index (Phi) is 8.20. The number of nitrogens with zero attached hydrogens (tertiary/aromatic N) is 1. The lowest BCUT2D eigenvalue weighted by molar-refractivity contribution is -0.138. The Morgan fingerprint density at radius 3 is 1.83 bits per heavy atom. The highest BCUT2D eigenvalue weighted by Gasteiger charge is 2.49. The third kappa shape index (κ3) is 6.13. The molecule has 0 saturated carbocycles. The molecular formula is C32H32Br3NO5. The smallest absolute Gasteiger partial charge is 0.323 e. The first-order valence-corrected chi connectivity index (χ1v) is 15.9. The molecule has 0 spiro atoms. The summed E-state index contributed by atoms with van der Waals surface area (Å²) in [6.07, 6.45) is 1.78. The predicted octanol–water partition coefficient (Wildman–Crippen LogP) is 8.32. The van der Waals surface area contributed by atoms with Crippen molar-refractivity contribution in [3.05, 3.63) is 83.5 Å². The fourth-order valence-corrected chi connectivity index (χ4v) is 8.04. The molecule has 0 aromatic heterocycles. The number of halogens is 3. The van der Waals surface area contributed by atoms with Gasteiger partial charge in [0.15, 0.2) is 11.6 Å². The summed E-state index contributed by atoms with van der Waals surface area (Å²) in [5, 5.41) is 9.89. The molecule has 1 aliphatic heterocycles. The molecule has 3 aliphatic rings. The molecular weight excluding hydrogens is 718 g/mol. The summed E-state index contributed by atoms with van der Waals surface area (Å²) in [5.41, 5.74) is 3.69. The van der Waals surface area contributed by atoms with Crippen LogP contribution in [0.4, 0.5) is 0 Å². The molecule has 0 unspecified atom stereocenters. The van der Waals surface area contributed by atoms with Crippen LogP contribution in [0.1, 0.15) is 70.4 Å². The lowest BCUT2D eigenvalue weighted by Crippen LogP contribution is -2.45. The van der Waals surface area contributed by atoms with Crippen LogP contribution < -0.4 is 4.74 Å². The molecule has 1 N–H and O–H groups in total. The van der Waals surface area contributed by atoms with Crippen LogP contribution in [0, 0.1) is 10.8 Å². The minimum atomic E-state index is -0.994. The number of hydrogen-bond acceptors (Lipinski definition) is 5. The van der Waals surface area contributed by atoms with E-state index in [1.165, 1.54) is 0 Å². The summed E-state index contributed by atoms with van der Waals surface area (Å²) in [7, 11) is 0. The number of ketones is 2. The van der Waals surface area contributed by atoms with Gasteiger partial charge in [-0.05, 0) is 90.9 Å². The zero-order chi connectivity index (χ0) is 29.9. The summed E-state index contributed by atoms with van der Waals surface area (Å²) in [6, 6.07) is 11.7. The number of Topliss-reactive ketones (excluding diaryl/α,β-unsaturated/α-hetero) is 2. The van der Waals surface area contributed by atoms with Crippen molar-refractivity contribution in [3.8, 4) is 5.75 Å². The molecule has 41 heavy (non-hydrogen) atoms.